The summed E-state index contributed by atoms with van der Waals surface area (Å²) in [6, 6.07) is 13.7. The van der Waals surface area contributed by atoms with E-state index in [1.54, 1.807) is 6.07 Å². The lowest BCUT2D eigenvalue weighted by atomic mass is 9.80. The number of hydrogen-bond acceptors (Lipinski definition) is 7. The van der Waals surface area contributed by atoms with Gasteiger partial charge >= 0.3 is 5.97 Å². The first kappa shape index (κ1) is 31.1. The molecule has 13 heteroatoms. The number of carbonyl (C=O) groups is 3. The summed E-state index contributed by atoms with van der Waals surface area (Å²) in [7, 11) is 2.11. The number of likely N-dealkylation sites (tertiary alicyclic amines) is 1. The summed E-state index contributed by atoms with van der Waals surface area (Å²) in [5.74, 6) is -2.43. The number of rotatable bonds is 7. The number of aromatic carboxylic acids is 1. The largest absolute Gasteiger partial charge is 0.478 e. The number of halogens is 2. The number of amides is 2. The van der Waals surface area contributed by atoms with Gasteiger partial charge in [-0.2, -0.15) is 4.68 Å². The molecular formula is C33H31ClFN7O4. The van der Waals surface area contributed by atoms with Gasteiger partial charge in [0.05, 0.1) is 16.3 Å². The van der Waals surface area contributed by atoms with Crippen LogP contribution in [0.15, 0.2) is 67.0 Å². The number of anilines is 1. The van der Waals surface area contributed by atoms with Crippen LogP contribution >= 0.6 is 11.6 Å². The fourth-order valence-electron chi connectivity index (χ4n) is 6.26. The van der Waals surface area contributed by atoms with E-state index in [1.807, 2.05) is 12.1 Å². The molecule has 1 aromatic heterocycles. The number of aromatic nitrogens is 4. The van der Waals surface area contributed by atoms with Crippen molar-refractivity contribution in [2.24, 2.45) is 0 Å². The molecule has 2 N–H and O–H groups in total. The number of benzene rings is 3. The number of carbonyl (C=O) groups excluding carboxylic acids is 2. The Kier molecular flexibility index (Phi) is 8.91. The van der Waals surface area contributed by atoms with Crippen LogP contribution in [0.2, 0.25) is 5.02 Å². The number of piperidine rings is 1. The Balaban J connectivity index is 1.35. The van der Waals surface area contributed by atoms with E-state index in [1.165, 1.54) is 64.0 Å². The van der Waals surface area contributed by atoms with Crippen molar-refractivity contribution < 1.29 is 23.9 Å². The lowest BCUT2D eigenvalue weighted by Crippen LogP contribution is -2.45. The Morgan fingerprint density at radius 2 is 1.76 bits per heavy atom. The number of nitrogens with one attached hydrogen (secondary N) is 1. The predicted molar refractivity (Wildman–Crippen MR) is 169 cm³/mol. The van der Waals surface area contributed by atoms with Crippen molar-refractivity contribution in [2.75, 3.05) is 32.0 Å². The molecule has 0 spiro atoms. The SMILES string of the molecule is CN1CCC(c2cccc3c2CCN(C(=O)C=Cc2c(-n4cnnn4)ccc(Cl)c2F)C3C(=O)Nc2ccc(C(=O)O)cc2)CC1. The van der Waals surface area contributed by atoms with Crippen molar-refractivity contribution in [2.45, 2.75) is 31.2 Å². The third-order valence-corrected chi connectivity index (χ3v) is 8.94. The third kappa shape index (κ3) is 6.26. The van der Waals surface area contributed by atoms with E-state index < -0.39 is 29.6 Å². The van der Waals surface area contributed by atoms with Crippen molar-refractivity contribution in [3.8, 4) is 5.69 Å². The van der Waals surface area contributed by atoms with Crippen LogP contribution < -0.4 is 5.32 Å². The Labute approximate surface area is 269 Å². The first-order valence-corrected chi connectivity index (χ1v) is 15.2. The van der Waals surface area contributed by atoms with E-state index in [0.717, 1.165) is 37.1 Å². The number of carboxylic acids is 1. The highest BCUT2D eigenvalue weighted by molar-refractivity contribution is 6.31. The first-order chi connectivity index (χ1) is 22.2. The molecule has 236 valence electrons. The number of fused-ring (bicyclic) bond motifs is 1. The summed E-state index contributed by atoms with van der Waals surface area (Å²) in [6.45, 7) is 2.22. The number of hydrogen-bond donors (Lipinski definition) is 2. The second-order valence-corrected chi connectivity index (χ2v) is 11.8. The summed E-state index contributed by atoms with van der Waals surface area (Å²) in [4.78, 5) is 43.0. The molecular weight excluding hydrogens is 613 g/mol. The quantitative estimate of drug-likeness (QED) is 0.276. The molecule has 0 saturated carbocycles. The maximum Gasteiger partial charge on any atom is 0.335 e. The Hall–Kier alpha value is -4.94. The van der Waals surface area contributed by atoms with Crippen LogP contribution in [0.25, 0.3) is 11.8 Å². The zero-order valence-corrected chi connectivity index (χ0v) is 25.7. The van der Waals surface area contributed by atoms with Gasteiger partial charge in [-0.25, -0.2) is 9.18 Å². The summed E-state index contributed by atoms with van der Waals surface area (Å²) >= 11 is 6.07. The van der Waals surface area contributed by atoms with Crippen LogP contribution in [-0.4, -0.2) is 79.6 Å². The molecule has 0 radical (unpaired) electrons. The fraction of sp³-hybridized carbons (Fsp3) is 0.273. The molecule has 11 nitrogen and oxygen atoms in total. The molecule has 3 aromatic carbocycles. The molecule has 1 unspecified atom stereocenters. The maximum atomic E-state index is 15.2. The third-order valence-electron chi connectivity index (χ3n) is 8.64. The van der Waals surface area contributed by atoms with Gasteiger partial charge in [0.25, 0.3) is 5.91 Å². The van der Waals surface area contributed by atoms with Crippen LogP contribution in [0.4, 0.5) is 10.1 Å². The van der Waals surface area contributed by atoms with Crippen molar-refractivity contribution in [1.82, 2.24) is 30.0 Å². The number of tetrazole rings is 1. The van der Waals surface area contributed by atoms with Gasteiger partial charge in [-0.1, -0.05) is 29.8 Å². The first-order valence-electron chi connectivity index (χ1n) is 14.9. The van der Waals surface area contributed by atoms with Gasteiger partial charge < -0.3 is 20.2 Å². The van der Waals surface area contributed by atoms with E-state index in [9.17, 15) is 19.5 Å². The Morgan fingerprint density at radius 3 is 2.46 bits per heavy atom. The molecule has 0 bridgehead atoms. The van der Waals surface area contributed by atoms with E-state index in [4.69, 9.17) is 11.6 Å². The topological polar surface area (TPSA) is 134 Å². The molecule has 2 aliphatic heterocycles. The highest BCUT2D eigenvalue weighted by atomic mass is 35.5. The molecule has 3 heterocycles. The van der Waals surface area contributed by atoms with Gasteiger partial charge in [0.1, 0.15) is 12.4 Å². The Morgan fingerprint density at radius 1 is 1.02 bits per heavy atom. The van der Waals surface area contributed by atoms with Gasteiger partial charge in [-0.15, -0.1) is 5.10 Å². The Bertz CT molecular complexity index is 1810. The summed E-state index contributed by atoms with van der Waals surface area (Å²) in [5.41, 5.74) is 3.75. The molecule has 2 amide bonds. The van der Waals surface area contributed by atoms with Crippen molar-refractivity contribution in [3.63, 3.8) is 0 Å². The zero-order valence-electron chi connectivity index (χ0n) is 24.9. The number of nitrogens with zero attached hydrogens (tertiary/aromatic N) is 6. The smallest absolute Gasteiger partial charge is 0.335 e. The minimum absolute atomic E-state index is 0.00892. The second-order valence-electron chi connectivity index (χ2n) is 11.4. The van der Waals surface area contributed by atoms with Gasteiger partial charge in [0.15, 0.2) is 5.82 Å². The van der Waals surface area contributed by atoms with Crippen molar-refractivity contribution >= 4 is 41.1 Å². The van der Waals surface area contributed by atoms with Gasteiger partial charge in [0, 0.05) is 23.9 Å². The average Bonchev–Trinajstić information content (AvgIpc) is 3.60. The van der Waals surface area contributed by atoms with Crippen molar-refractivity contribution in [1.29, 1.82) is 0 Å². The molecule has 46 heavy (non-hydrogen) atoms. The van der Waals surface area contributed by atoms with E-state index in [2.05, 4.69) is 38.9 Å². The maximum absolute atomic E-state index is 15.2. The van der Waals surface area contributed by atoms with Gasteiger partial charge in [-0.05, 0) is 115 Å². The standard InChI is InChI=1S/C33H31ClFN7O4/c1-40-16-13-20(14-17-40)23-3-2-4-25-24(23)15-18-41(31(25)32(44)37-22-7-5-21(6-8-22)33(45)46)29(43)12-9-26-28(42-19-36-38-39-42)11-10-27(34)30(26)35/h2-12,19-20,31H,13-18H2,1H3,(H,37,44)(H,45,46). The molecule has 4 aromatic rings. The van der Waals surface area contributed by atoms with Crippen LogP contribution in [-0.2, 0) is 16.0 Å². The highest BCUT2D eigenvalue weighted by Crippen LogP contribution is 2.38. The van der Waals surface area contributed by atoms with Crippen LogP contribution in [0.3, 0.4) is 0 Å². The molecule has 1 atom stereocenters. The second kappa shape index (κ2) is 13.2. The van der Waals surface area contributed by atoms with E-state index >= 15 is 4.39 Å². The number of carboxylic acid groups (broad SMARTS) is 1. The van der Waals surface area contributed by atoms with Gasteiger partial charge in [-0.3, -0.25) is 9.59 Å². The lowest BCUT2D eigenvalue weighted by molar-refractivity contribution is -0.135. The monoisotopic (exact) mass is 643 g/mol. The molecule has 1 saturated heterocycles. The highest BCUT2D eigenvalue weighted by Gasteiger charge is 2.37. The lowest BCUT2D eigenvalue weighted by Gasteiger charge is -2.38. The van der Waals surface area contributed by atoms with E-state index in [-0.39, 0.29) is 28.4 Å². The van der Waals surface area contributed by atoms with Gasteiger partial charge in [0.2, 0.25) is 5.91 Å². The normalized spacial score (nSPS) is 17.2. The molecule has 1 fully saturated rings. The summed E-state index contributed by atoms with van der Waals surface area (Å²) in [6.07, 6.45) is 6.38. The summed E-state index contributed by atoms with van der Waals surface area (Å²) < 4.78 is 16.5. The van der Waals surface area contributed by atoms with Crippen LogP contribution in [0.1, 0.15) is 57.4 Å². The summed E-state index contributed by atoms with van der Waals surface area (Å²) in [5, 5.41) is 23.0. The molecule has 6 rings (SSSR count). The van der Waals surface area contributed by atoms with E-state index in [0.29, 0.717) is 18.0 Å². The van der Waals surface area contributed by atoms with Crippen LogP contribution in [0.5, 0.6) is 0 Å². The van der Waals surface area contributed by atoms with Crippen LogP contribution in [0, 0.1) is 5.82 Å². The minimum atomic E-state index is -1.08. The molecule has 0 aliphatic carbocycles. The predicted octanol–water partition coefficient (Wildman–Crippen LogP) is 4.74. The van der Waals surface area contributed by atoms with Crippen molar-refractivity contribution in [3.05, 3.63) is 106 Å². The zero-order chi connectivity index (χ0) is 32.4. The minimum Gasteiger partial charge on any atom is -0.478 e. The fourth-order valence-corrected chi connectivity index (χ4v) is 6.43. The average molecular weight is 644 g/mol. The molecule has 2 aliphatic rings.